The zero-order valence-electron chi connectivity index (χ0n) is 19.4. The summed E-state index contributed by atoms with van der Waals surface area (Å²) in [5.41, 5.74) is 1.12. The summed E-state index contributed by atoms with van der Waals surface area (Å²) in [6.45, 7) is 11.1. The molecule has 0 aliphatic carbocycles. The molecule has 2 aromatic rings. The molecule has 0 amide bonds. The summed E-state index contributed by atoms with van der Waals surface area (Å²) in [5, 5.41) is 9.17. The predicted molar refractivity (Wildman–Crippen MR) is 116 cm³/mol. The molecule has 0 unspecified atom stereocenters. The number of aryl methyl sites for hydroxylation is 2. The molecule has 7 nitrogen and oxygen atoms in total. The molecular weight excluding hydrogens is 396 g/mol. The Morgan fingerprint density at radius 1 is 0.903 bits per heavy atom. The lowest BCUT2D eigenvalue weighted by molar-refractivity contribution is -0.905. The van der Waals surface area contributed by atoms with Crippen LogP contribution in [0, 0.1) is 0 Å². The molecule has 2 heterocycles. The van der Waals surface area contributed by atoms with E-state index in [2.05, 4.69) is 4.98 Å². The van der Waals surface area contributed by atoms with Crippen molar-refractivity contribution in [2.75, 3.05) is 0 Å². The van der Waals surface area contributed by atoms with Crippen LogP contribution in [0.3, 0.4) is 0 Å². The highest BCUT2D eigenvalue weighted by Crippen LogP contribution is 2.11. The van der Waals surface area contributed by atoms with Gasteiger partial charge in [0.2, 0.25) is 12.4 Å². The molecular formula is C24H35N2O5+. The maximum Gasteiger partial charge on any atom is 0.306 e. The number of aromatic nitrogens is 2. The summed E-state index contributed by atoms with van der Waals surface area (Å²) in [6.07, 6.45) is 8.56. The third-order valence-electron chi connectivity index (χ3n) is 3.65. The number of rotatable bonds is 6. The molecule has 7 heteroatoms. The van der Waals surface area contributed by atoms with Crippen molar-refractivity contribution in [1.82, 2.24) is 4.98 Å². The molecule has 0 saturated heterocycles. The monoisotopic (exact) mass is 431 g/mol. The number of pyridine rings is 2. The minimum atomic E-state index is -0.440. The normalized spacial score (nSPS) is 11.2. The van der Waals surface area contributed by atoms with Gasteiger partial charge in [-0.25, -0.2) is 0 Å². The Hall–Kier alpha value is -2.96. The fraction of sp³-hybridized carbons (Fsp3) is 0.500. The largest absolute Gasteiger partial charge is 0.460 e. The van der Waals surface area contributed by atoms with E-state index in [1.54, 1.807) is 24.7 Å². The quantitative estimate of drug-likeness (QED) is 0.425. The number of carbonyl (C=O) groups excluding carboxylic acids is 2. The van der Waals surface area contributed by atoms with Gasteiger partial charge in [0.25, 0.3) is 0 Å². The first-order chi connectivity index (χ1) is 14.3. The van der Waals surface area contributed by atoms with Crippen molar-refractivity contribution >= 4 is 11.9 Å². The molecule has 0 aliphatic heterocycles. The fourth-order valence-corrected chi connectivity index (χ4v) is 2.48. The lowest BCUT2D eigenvalue weighted by atomic mass is 10.1. The van der Waals surface area contributed by atoms with Gasteiger partial charge in [-0.2, -0.15) is 0 Å². The van der Waals surface area contributed by atoms with Gasteiger partial charge in [-0.15, -0.1) is 0 Å². The molecule has 1 N–H and O–H groups in total. The Morgan fingerprint density at radius 3 is 1.87 bits per heavy atom. The number of hydrogen-bond donors (Lipinski definition) is 1. The molecule has 2 aromatic heterocycles. The summed E-state index contributed by atoms with van der Waals surface area (Å²) in [7, 11) is 0. The zero-order chi connectivity index (χ0) is 23.5. The average Bonchev–Trinajstić information content (AvgIpc) is 2.64. The van der Waals surface area contributed by atoms with Gasteiger partial charge < -0.3 is 9.47 Å². The van der Waals surface area contributed by atoms with E-state index in [0.29, 0.717) is 25.7 Å². The van der Waals surface area contributed by atoms with Crippen molar-refractivity contribution in [3.63, 3.8) is 0 Å². The second-order valence-electron chi connectivity index (χ2n) is 9.13. The third-order valence-corrected chi connectivity index (χ3v) is 3.65. The highest BCUT2D eigenvalue weighted by molar-refractivity contribution is 5.70. The first-order valence-corrected chi connectivity index (χ1v) is 10.4. The summed E-state index contributed by atoms with van der Waals surface area (Å²) in [4.78, 5) is 26.8. The highest BCUT2D eigenvalue weighted by atomic mass is 16.6. The molecule has 0 aliphatic rings. The van der Waals surface area contributed by atoms with Crippen molar-refractivity contribution in [2.45, 2.75) is 78.4 Å². The van der Waals surface area contributed by atoms with Crippen LogP contribution in [0.2, 0.25) is 0 Å². The highest BCUT2D eigenvalue weighted by Gasteiger charge is 2.17. The van der Waals surface area contributed by atoms with Crippen molar-refractivity contribution in [3.8, 4) is 0 Å². The molecule has 31 heavy (non-hydrogen) atoms. The lowest BCUT2D eigenvalue weighted by Gasteiger charge is -2.19. The molecule has 0 bridgehead atoms. The van der Waals surface area contributed by atoms with Gasteiger partial charge in [0, 0.05) is 41.6 Å². The van der Waals surface area contributed by atoms with E-state index in [4.69, 9.17) is 14.7 Å². The predicted octanol–water partition coefficient (Wildman–Crippen LogP) is 3.84. The van der Waals surface area contributed by atoms with Crippen LogP contribution in [-0.4, -0.2) is 33.3 Å². The van der Waals surface area contributed by atoms with Gasteiger partial charge in [0.15, 0.2) is 0 Å². The summed E-state index contributed by atoms with van der Waals surface area (Å²) in [6, 6.07) is 7.41. The number of nitrogens with zero attached hydrogens (tertiary/aromatic N) is 2. The van der Waals surface area contributed by atoms with E-state index in [0.717, 1.165) is 15.9 Å². The lowest BCUT2D eigenvalue weighted by Crippen LogP contribution is -2.29. The second kappa shape index (κ2) is 12.0. The second-order valence-corrected chi connectivity index (χ2v) is 9.13. The molecule has 0 radical (unpaired) electrons. The van der Waals surface area contributed by atoms with Gasteiger partial charge in [-0.1, -0.05) is 6.07 Å². The van der Waals surface area contributed by atoms with Crippen LogP contribution in [0.25, 0.3) is 0 Å². The molecule has 0 atom stereocenters. The van der Waals surface area contributed by atoms with Crippen molar-refractivity contribution in [3.05, 3.63) is 60.2 Å². The average molecular weight is 432 g/mol. The van der Waals surface area contributed by atoms with Gasteiger partial charge in [0.05, 0.1) is 0 Å². The maximum atomic E-state index is 11.4. The van der Waals surface area contributed by atoms with Crippen LogP contribution in [0.4, 0.5) is 0 Å². The van der Waals surface area contributed by atoms with Crippen LogP contribution in [-0.2, 0) is 31.9 Å². The van der Waals surface area contributed by atoms with Crippen LogP contribution in [0.5, 0.6) is 0 Å². The van der Waals surface area contributed by atoms with Crippen molar-refractivity contribution in [2.24, 2.45) is 0 Å². The smallest absolute Gasteiger partial charge is 0.306 e. The van der Waals surface area contributed by atoms with Gasteiger partial charge in [-0.3, -0.25) is 19.8 Å². The van der Waals surface area contributed by atoms with Gasteiger partial charge in [0.1, 0.15) is 11.2 Å². The summed E-state index contributed by atoms with van der Waals surface area (Å²) >= 11 is 0. The Kier molecular flexibility index (Phi) is 10.1. The molecule has 0 fully saturated rings. The van der Waals surface area contributed by atoms with Crippen LogP contribution in [0.1, 0.15) is 65.5 Å². The van der Waals surface area contributed by atoms with Crippen molar-refractivity contribution in [1.29, 1.82) is 0 Å². The Morgan fingerprint density at radius 2 is 1.42 bits per heavy atom. The number of ether oxygens (including phenoxy) is 2. The Balaban J connectivity index is 0.000000311. The zero-order valence-corrected chi connectivity index (χ0v) is 19.4. The topological polar surface area (TPSA) is 89.6 Å². The van der Waals surface area contributed by atoms with E-state index < -0.39 is 11.2 Å². The van der Waals surface area contributed by atoms with E-state index in [1.807, 2.05) is 59.7 Å². The maximum absolute atomic E-state index is 11.4. The first-order valence-electron chi connectivity index (χ1n) is 10.4. The summed E-state index contributed by atoms with van der Waals surface area (Å²) < 4.78 is 11.4. The Bertz CT molecular complexity index is 824. The minimum Gasteiger partial charge on any atom is -0.460 e. The molecule has 0 spiro atoms. The first kappa shape index (κ1) is 26.1. The minimum absolute atomic E-state index is 0.161. The van der Waals surface area contributed by atoms with Gasteiger partial charge >= 0.3 is 11.9 Å². The SMILES string of the molecule is CC(C)(C)OC(=O)CCc1ccc[n+](O)c1.CC(C)(C)OC(=O)CCc1cccnc1. The van der Waals surface area contributed by atoms with Crippen LogP contribution >= 0.6 is 0 Å². The van der Waals surface area contributed by atoms with Crippen molar-refractivity contribution < 1.29 is 29.0 Å². The Labute approximate surface area is 185 Å². The van der Waals surface area contributed by atoms with E-state index in [-0.39, 0.29) is 11.9 Å². The van der Waals surface area contributed by atoms with E-state index >= 15 is 0 Å². The van der Waals surface area contributed by atoms with E-state index in [9.17, 15) is 9.59 Å². The summed E-state index contributed by atoms with van der Waals surface area (Å²) in [5.74, 6) is -0.382. The number of carbonyl (C=O) groups is 2. The van der Waals surface area contributed by atoms with E-state index in [1.165, 1.54) is 6.20 Å². The number of hydrogen-bond acceptors (Lipinski definition) is 6. The molecule has 170 valence electrons. The standard InChI is InChI=1S/C12H18NO3.C12H17NO2/c1-12(2,3)16-11(14)7-6-10-5-4-8-13(15)9-10;1-12(2,3)15-11(14)7-6-10-5-4-8-13-9-10/h4-5,8-9,15H,6-7H2,1-3H3;4-5,8-9H,6-7H2,1-3H3/q+1;. The third kappa shape index (κ3) is 13.8. The molecule has 2 rings (SSSR count). The molecule has 0 saturated carbocycles. The number of esters is 2. The van der Waals surface area contributed by atoms with Crippen LogP contribution < -0.4 is 4.73 Å². The molecule has 0 aromatic carbocycles. The van der Waals surface area contributed by atoms with Gasteiger partial charge in [-0.05, 0) is 72.1 Å². The van der Waals surface area contributed by atoms with Crippen LogP contribution in [0.15, 0.2) is 49.1 Å². The fourth-order valence-electron chi connectivity index (χ4n) is 2.48.